The molecule has 1 fully saturated rings. The summed E-state index contributed by atoms with van der Waals surface area (Å²) in [6.45, 7) is 4.79. The predicted molar refractivity (Wildman–Crippen MR) is 89.4 cm³/mol. The lowest BCUT2D eigenvalue weighted by atomic mass is 10.1. The number of amides is 1. The summed E-state index contributed by atoms with van der Waals surface area (Å²) in [7, 11) is -3.15. The first-order valence-electron chi connectivity index (χ1n) is 7.48. The Hall–Kier alpha value is -1.67. The lowest BCUT2D eigenvalue weighted by Crippen LogP contribution is -2.46. The zero-order chi connectivity index (χ0) is 16.6. The summed E-state index contributed by atoms with van der Waals surface area (Å²) in [4.78, 5) is 14.5. The number of hydrogen-bond acceptors (Lipinski definition) is 5. The molecule has 6 nitrogen and oxygen atoms in total. The topological polar surface area (TPSA) is 72.3 Å². The van der Waals surface area contributed by atoms with Crippen LogP contribution in [0.1, 0.15) is 34.5 Å². The van der Waals surface area contributed by atoms with Crippen LogP contribution in [0.2, 0.25) is 0 Å². The third-order valence-electron chi connectivity index (χ3n) is 4.14. The van der Waals surface area contributed by atoms with Crippen LogP contribution in [0.3, 0.4) is 0 Å². The van der Waals surface area contributed by atoms with Gasteiger partial charge in [-0.2, -0.15) is 16.4 Å². The summed E-state index contributed by atoms with van der Waals surface area (Å²) in [5, 5.41) is 7.97. The average Bonchev–Trinajstić information content (AvgIpc) is 3.14. The van der Waals surface area contributed by atoms with Crippen molar-refractivity contribution in [3.05, 3.63) is 39.8 Å². The number of aryl methyl sites for hydroxylation is 2. The minimum Gasteiger partial charge on any atom is -0.329 e. The summed E-state index contributed by atoms with van der Waals surface area (Å²) < 4.78 is 25.9. The maximum Gasteiger partial charge on any atom is 0.255 e. The highest BCUT2D eigenvalue weighted by molar-refractivity contribution is 7.91. The van der Waals surface area contributed by atoms with Gasteiger partial charge < -0.3 is 4.90 Å². The zero-order valence-electron chi connectivity index (χ0n) is 13.1. The summed E-state index contributed by atoms with van der Waals surface area (Å²) >= 11 is 1.48. The van der Waals surface area contributed by atoms with Gasteiger partial charge in [-0.05, 0) is 24.8 Å². The zero-order valence-corrected chi connectivity index (χ0v) is 14.7. The molecule has 1 aliphatic rings. The van der Waals surface area contributed by atoms with E-state index in [1.807, 2.05) is 30.8 Å². The Morgan fingerprint density at radius 3 is 2.83 bits per heavy atom. The fourth-order valence-electron chi connectivity index (χ4n) is 2.79. The highest BCUT2D eigenvalue weighted by atomic mass is 32.2. The van der Waals surface area contributed by atoms with Crippen molar-refractivity contribution in [1.82, 2.24) is 14.7 Å². The van der Waals surface area contributed by atoms with Crippen LogP contribution in [0.4, 0.5) is 0 Å². The van der Waals surface area contributed by atoms with E-state index in [1.54, 1.807) is 15.8 Å². The van der Waals surface area contributed by atoms with Gasteiger partial charge in [-0.25, -0.2) is 8.42 Å². The fraction of sp³-hybridized carbons (Fsp3) is 0.467. The molecule has 8 heteroatoms. The molecule has 1 amide bonds. The van der Waals surface area contributed by atoms with E-state index >= 15 is 0 Å². The monoisotopic (exact) mass is 353 g/mol. The number of aromatic nitrogens is 2. The summed E-state index contributed by atoms with van der Waals surface area (Å²) in [6, 6.07) is -0.471. The van der Waals surface area contributed by atoms with Crippen LogP contribution in [0.5, 0.6) is 0 Å². The van der Waals surface area contributed by atoms with Gasteiger partial charge >= 0.3 is 0 Å². The van der Waals surface area contributed by atoms with Crippen LogP contribution in [0.15, 0.2) is 23.2 Å². The lowest BCUT2D eigenvalue weighted by Gasteiger charge is -2.35. The quantitative estimate of drug-likeness (QED) is 0.845. The van der Waals surface area contributed by atoms with E-state index in [1.165, 1.54) is 11.3 Å². The molecule has 0 bridgehead atoms. The Kier molecular flexibility index (Phi) is 4.29. The van der Waals surface area contributed by atoms with Gasteiger partial charge in [0.1, 0.15) is 0 Å². The molecule has 0 aliphatic carbocycles. The van der Waals surface area contributed by atoms with Gasteiger partial charge in [0, 0.05) is 30.2 Å². The molecule has 3 heterocycles. The van der Waals surface area contributed by atoms with Gasteiger partial charge in [0.15, 0.2) is 9.84 Å². The first-order chi connectivity index (χ1) is 10.9. The number of carbonyl (C=O) groups excluding carboxylic acids is 1. The van der Waals surface area contributed by atoms with Crippen LogP contribution in [-0.4, -0.2) is 47.1 Å². The predicted octanol–water partition coefficient (Wildman–Crippen LogP) is 1.88. The van der Waals surface area contributed by atoms with Gasteiger partial charge in [0.25, 0.3) is 5.91 Å². The molecule has 0 N–H and O–H groups in total. The first kappa shape index (κ1) is 16.2. The second kappa shape index (κ2) is 6.09. The SMILES string of the molecule is CCn1cc(C2CS(=O)(=O)CCN2C(=O)c2cscc2C)cn1. The van der Waals surface area contributed by atoms with E-state index < -0.39 is 15.9 Å². The van der Waals surface area contributed by atoms with Crippen LogP contribution >= 0.6 is 11.3 Å². The minimum absolute atomic E-state index is 0.0142. The smallest absolute Gasteiger partial charge is 0.255 e. The molecule has 23 heavy (non-hydrogen) atoms. The number of hydrogen-bond donors (Lipinski definition) is 0. The van der Waals surface area contributed by atoms with E-state index in [2.05, 4.69) is 5.10 Å². The van der Waals surface area contributed by atoms with E-state index in [0.717, 1.165) is 11.1 Å². The Balaban J connectivity index is 1.96. The average molecular weight is 353 g/mol. The normalized spacial score (nSPS) is 20.6. The molecule has 124 valence electrons. The Bertz CT molecular complexity index is 823. The van der Waals surface area contributed by atoms with Crippen molar-refractivity contribution >= 4 is 27.1 Å². The maximum atomic E-state index is 12.9. The second-order valence-corrected chi connectivity index (χ2v) is 8.70. The molecule has 1 unspecified atom stereocenters. The highest BCUT2D eigenvalue weighted by Crippen LogP contribution is 2.29. The van der Waals surface area contributed by atoms with Crippen molar-refractivity contribution in [2.75, 3.05) is 18.1 Å². The van der Waals surface area contributed by atoms with Crippen molar-refractivity contribution in [3.63, 3.8) is 0 Å². The van der Waals surface area contributed by atoms with Gasteiger partial charge in [-0.1, -0.05) is 0 Å². The Labute approximate surface area is 139 Å². The molecule has 0 spiro atoms. The van der Waals surface area contributed by atoms with E-state index in [4.69, 9.17) is 0 Å². The van der Waals surface area contributed by atoms with Crippen molar-refractivity contribution in [1.29, 1.82) is 0 Å². The molecule has 3 rings (SSSR count). The Morgan fingerprint density at radius 2 is 2.22 bits per heavy atom. The lowest BCUT2D eigenvalue weighted by molar-refractivity contribution is 0.0697. The van der Waals surface area contributed by atoms with Crippen LogP contribution < -0.4 is 0 Å². The molecule has 1 atom stereocenters. The number of sulfone groups is 1. The van der Waals surface area contributed by atoms with Gasteiger partial charge in [0.2, 0.25) is 0 Å². The summed E-state index contributed by atoms with van der Waals surface area (Å²) in [5.41, 5.74) is 2.36. The molecule has 1 saturated heterocycles. The molecular formula is C15H19N3O3S2. The molecule has 1 aliphatic heterocycles. The van der Waals surface area contributed by atoms with Gasteiger partial charge in [-0.15, -0.1) is 0 Å². The van der Waals surface area contributed by atoms with E-state index in [0.29, 0.717) is 12.1 Å². The minimum atomic E-state index is -3.15. The third-order valence-corrected chi connectivity index (χ3v) is 6.63. The molecule has 0 radical (unpaired) electrons. The standard InChI is InChI=1S/C15H19N3O3S2/c1-3-17-7-12(6-16-17)14-10-23(20,21)5-4-18(14)15(19)13-9-22-8-11(13)2/h6-9,14H,3-5,10H2,1-2H3. The molecule has 0 aromatic carbocycles. The molecule has 0 saturated carbocycles. The van der Waals surface area contributed by atoms with Crippen molar-refractivity contribution in [3.8, 4) is 0 Å². The van der Waals surface area contributed by atoms with E-state index in [9.17, 15) is 13.2 Å². The number of carbonyl (C=O) groups is 1. The van der Waals surface area contributed by atoms with Crippen LogP contribution in [0, 0.1) is 6.92 Å². The van der Waals surface area contributed by atoms with E-state index in [-0.39, 0.29) is 24.0 Å². The van der Waals surface area contributed by atoms with Crippen LogP contribution in [-0.2, 0) is 16.4 Å². The number of nitrogens with zero attached hydrogens (tertiary/aromatic N) is 3. The largest absolute Gasteiger partial charge is 0.329 e. The van der Waals surface area contributed by atoms with Crippen molar-refractivity contribution < 1.29 is 13.2 Å². The second-order valence-electron chi connectivity index (χ2n) is 5.73. The van der Waals surface area contributed by atoms with Crippen LogP contribution in [0.25, 0.3) is 0 Å². The van der Waals surface area contributed by atoms with Crippen molar-refractivity contribution in [2.24, 2.45) is 0 Å². The van der Waals surface area contributed by atoms with Gasteiger partial charge in [-0.3, -0.25) is 9.48 Å². The third kappa shape index (κ3) is 3.18. The van der Waals surface area contributed by atoms with Crippen molar-refractivity contribution in [2.45, 2.75) is 26.4 Å². The molecule has 2 aromatic heterocycles. The number of rotatable bonds is 3. The summed E-state index contributed by atoms with van der Waals surface area (Å²) in [6.07, 6.45) is 3.49. The number of thiophene rings is 1. The first-order valence-corrected chi connectivity index (χ1v) is 10.2. The fourth-order valence-corrected chi connectivity index (χ4v) is 5.10. The Morgan fingerprint density at radius 1 is 1.43 bits per heavy atom. The van der Waals surface area contributed by atoms with Gasteiger partial charge in [0.05, 0.1) is 29.3 Å². The summed E-state index contributed by atoms with van der Waals surface area (Å²) in [5.74, 6) is -0.134. The molecule has 2 aromatic rings. The molecular weight excluding hydrogens is 334 g/mol. The maximum absolute atomic E-state index is 12.9. The highest BCUT2D eigenvalue weighted by Gasteiger charge is 2.36.